The number of carbonyl (C=O) groups excluding carboxylic acids is 1. The molecule has 0 unspecified atom stereocenters. The zero-order valence-corrected chi connectivity index (χ0v) is 16.0. The molecule has 0 atom stereocenters. The Bertz CT molecular complexity index is 779. The lowest BCUT2D eigenvalue weighted by atomic mass is 9.99. The molecular formula is C17H23ClN4O5. The third-order valence-electron chi connectivity index (χ3n) is 4.43. The molecule has 10 heteroatoms. The molecule has 2 aromatic rings. The average Bonchev–Trinajstić information content (AvgIpc) is 3.29. The lowest BCUT2D eigenvalue weighted by Crippen LogP contribution is -2.34. The molecule has 1 amide bonds. The summed E-state index contributed by atoms with van der Waals surface area (Å²) in [6.45, 7) is -0.299. The Morgan fingerprint density at radius 1 is 1.22 bits per heavy atom. The first-order valence-electron chi connectivity index (χ1n) is 8.27. The minimum Gasteiger partial charge on any atom is -0.493 e. The highest BCUT2D eigenvalue weighted by atomic mass is 35.5. The van der Waals surface area contributed by atoms with E-state index in [1.165, 1.54) is 14.2 Å². The first-order chi connectivity index (χ1) is 12.5. The van der Waals surface area contributed by atoms with E-state index in [1.807, 2.05) is 0 Å². The predicted molar refractivity (Wildman–Crippen MR) is 99.1 cm³/mol. The summed E-state index contributed by atoms with van der Waals surface area (Å²) in [6, 6.07) is 3.32. The van der Waals surface area contributed by atoms with Crippen LogP contribution in [0.5, 0.6) is 17.2 Å². The number of nitrogens with two attached hydrogens (primary N) is 2. The SMILES string of the molecule is COc1cc(-c2nc(C3(N)CCCC3)no2)cc(OC)c1OCC(N)=O.Cl. The van der Waals surface area contributed by atoms with Crippen LogP contribution in [0.3, 0.4) is 0 Å². The van der Waals surface area contributed by atoms with E-state index >= 15 is 0 Å². The summed E-state index contributed by atoms with van der Waals surface area (Å²) >= 11 is 0. The molecule has 27 heavy (non-hydrogen) atoms. The van der Waals surface area contributed by atoms with Crippen LogP contribution in [0.1, 0.15) is 31.5 Å². The van der Waals surface area contributed by atoms with Gasteiger partial charge in [-0.05, 0) is 25.0 Å². The minimum atomic E-state index is -0.607. The number of methoxy groups -OCH3 is 2. The summed E-state index contributed by atoms with van der Waals surface area (Å²) in [5.41, 5.74) is 11.6. The van der Waals surface area contributed by atoms with Gasteiger partial charge in [0.1, 0.15) is 0 Å². The fourth-order valence-corrected chi connectivity index (χ4v) is 3.06. The molecule has 1 aliphatic carbocycles. The van der Waals surface area contributed by atoms with Gasteiger partial charge in [-0.1, -0.05) is 18.0 Å². The lowest BCUT2D eigenvalue weighted by molar-refractivity contribution is -0.120. The maximum atomic E-state index is 11.0. The molecule has 0 radical (unpaired) electrons. The van der Waals surface area contributed by atoms with Crippen LogP contribution in [-0.2, 0) is 10.3 Å². The standard InChI is InChI=1S/C17H22N4O5.ClH/c1-23-11-7-10(8-12(24-2)14(11)25-9-13(18)22)15-20-16(21-26-15)17(19)5-3-4-6-17;/h7-8H,3-6,9,19H2,1-2H3,(H2,18,22);1H. The number of rotatable bonds is 7. The second kappa shape index (κ2) is 8.45. The van der Waals surface area contributed by atoms with E-state index in [9.17, 15) is 4.79 Å². The number of aromatic nitrogens is 2. The van der Waals surface area contributed by atoms with Crippen molar-refractivity contribution < 1.29 is 23.5 Å². The number of primary amides is 1. The van der Waals surface area contributed by atoms with Crippen LogP contribution in [-0.4, -0.2) is 36.9 Å². The highest BCUT2D eigenvalue weighted by Gasteiger charge is 2.36. The molecule has 9 nitrogen and oxygen atoms in total. The van der Waals surface area contributed by atoms with Gasteiger partial charge in [-0.2, -0.15) is 4.98 Å². The second-order valence-corrected chi connectivity index (χ2v) is 6.25. The van der Waals surface area contributed by atoms with Crippen LogP contribution in [0.2, 0.25) is 0 Å². The number of halogens is 1. The lowest BCUT2D eigenvalue weighted by Gasteiger charge is -2.17. The molecular weight excluding hydrogens is 376 g/mol. The highest BCUT2D eigenvalue weighted by molar-refractivity contribution is 5.85. The van der Waals surface area contributed by atoms with E-state index in [0.29, 0.717) is 28.8 Å². The molecule has 0 bridgehead atoms. The molecule has 148 valence electrons. The fourth-order valence-electron chi connectivity index (χ4n) is 3.06. The van der Waals surface area contributed by atoms with E-state index in [2.05, 4.69) is 10.1 Å². The van der Waals surface area contributed by atoms with Gasteiger partial charge in [0, 0.05) is 5.56 Å². The van der Waals surface area contributed by atoms with Gasteiger partial charge in [0.05, 0.1) is 19.8 Å². The van der Waals surface area contributed by atoms with Crippen molar-refractivity contribution in [2.75, 3.05) is 20.8 Å². The van der Waals surface area contributed by atoms with E-state index < -0.39 is 11.4 Å². The van der Waals surface area contributed by atoms with Gasteiger partial charge in [-0.3, -0.25) is 4.79 Å². The van der Waals surface area contributed by atoms with E-state index in [0.717, 1.165) is 25.7 Å². The Morgan fingerprint density at radius 3 is 2.33 bits per heavy atom. The number of nitrogens with zero attached hydrogens (tertiary/aromatic N) is 2. The first kappa shape index (κ1) is 20.8. The summed E-state index contributed by atoms with van der Waals surface area (Å²) < 4.78 is 21.5. The molecule has 0 aliphatic heterocycles. The fraction of sp³-hybridized carbons (Fsp3) is 0.471. The zero-order chi connectivity index (χ0) is 18.7. The molecule has 1 heterocycles. The Morgan fingerprint density at radius 2 is 1.81 bits per heavy atom. The summed E-state index contributed by atoms with van der Waals surface area (Å²) in [7, 11) is 2.95. The van der Waals surface area contributed by atoms with Crippen molar-refractivity contribution in [3.8, 4) is 28.7 Å². The summed E-state index contributed by atoms with van der Waals surface area (Å²) in [6.07, 6.45) is 3.76. The van der Waals surface area contributed by atoms with E-state index in [1.54, 1.807) is 12.1 Å². The third kappa shape index (κ3) is 4.25. The van der Waals surface area contributed by atoms with Crippen LogP contribution < -0.4 is 25.7 Å². The van der Waals surface area contributed by atoms with Crippen LogP contribution in [0.4, 0.5) is 0 Å². The van der Waals surface area contributed by atoms with Crippen molar-refractivity contribution in [2.24, 2.45) is 11.5 Å². The van der Waals surface area contributed by atoms with Gasteiger partial charge in [0.15, 0.2) is 23.9 Å². The van der Waals surface area contributed by atoms with Gasteiger partial charge < -0.3 is 30.2 Å². The van der Waals surface area contributed by atoms with E-state index in [-0.39, 0.29) is 24.8 Å². The van der Waals surface area contributed by atoms with Gasteiger partial charge in [-0.25, -0.2) is 0 Å². The van der Waals surface area contributed by atoms with Crippen molar-refractivity contribution in [3.05, 3.63) is 18.0 Å². The van der Waals surface area contributed by atoms with Crippen LogP contribution in [0, 0.1) is 0 Å². The molecule has 4 N–H and O–H groups in total. The smallest absolute Gasteiger partial charge is 0.258 e. The normalized spacial score (nSPS) is 15.1. The molecule has 3 rings (SSSR count). The molecule has 1 aromatic heterocycles. The number of ether oxygens (including phenoxy) is 3. The minimum absolute atomic E-state index is 0. The van der Waals surface area contributed by atoms with Crippen molar-refractivity contribution >= 4 is 18.3 Å². The number of amides is 1. The van der Waals surface area contributed by atoms with Gasteiger partial charge in [-0.15, -0.1) is 12.4 Å². The predicted octanol–water partition coefficient (Wildman–Crippen LogP) is 1.77. The number of hydrogen-bond donors (Lipinski definition) is 2. The molecule has 1 aromatic carbocycles. The molecule has 1 saturated carbocycles. The van der Waals surface area contributed by atoms with Gasteiger partial charge >= 0.3 is 0 Å². The Labute approximate surface area is 162 Å². The quantitative estimate of drug-likeness (QED) is 0.720. The van der Waals surface area contributed by atoms with Crippen molar-refractivity contribution in [3.63, 3.8) is 0 Å². The van der Waals surface area contributed by atoms with Crippen LogP contribution in [0.15, 0.2) is 16.7 Å². The number of hydrogen-bond acceptors (Lipinski definition) is 8. The monoisotopic (exact) mass is 398 g/mol. The van der Waals surface area contributed by atoms with Crippen molar-refractivity contribution in [1.29, 1.82) is 0 Å². The second-order valence-electron chi connectivity index (χ2n) is 6.25. The molecule has 1 aliphatic rings. The maximum absolute atomic E-state index is 11.0. The molecule has 1 fully saturated rings. The van der Waals surface area contributed by atoms with Gasteiger partial charge in [0.25, 0.3) is 11.8 Å². The van der Waals surface area contributed by atoms with Gasteiger partial charge in [0.2, 0.25) is 5.75 Å². The average molecular weight is 399 g/mol. The highest BCUT2D eigenvalue weighted by Crippen LogP contribution is 2.42. The van der Waals surface area contributed by atoms with Crippen molar-refractivity contribution in [2.45, 2.75) is 31.2 Å². The van der Waals surface area contributed by atoms with E-state index in [4.69, 9.17) is 30.2 Å². The summed E-state index contributed by atoms with van der Waals surface area (Å²) in [5.74, 6) is 1.16. The first-order valence-corrected chi connectivity index (χ1v) is 8.27. The molecule has 0 saturated heterocycles. The zero-order valence-electron chi connectivity index (χ0n) is 15.2. The summed E-state index contributed by atoms with van der Waals surface area (Å²) in [5, 5.41) is 4.05. The Kier molecular flexibility index (Phi) is 6.50. The largest absolute Gasteiger partial charge is 0.493 e. The topological polar surface area (TPSA) is 136 Å². The Hall–Kier alpha value is -2.52. The molecule has 0 spiro atoms. The summed E-state index contributed by atoms with van der Waals surface area (Å²) in [4.78, 5) is 15.4. The maximum Gasteiger partial charge on any atom is 0.258 e. The number of carbonyl (C=O) groups is 1. The Balaban J connectivity index is 0.00000261. The van der Waals surface area contributed by atoms with Crippen LogP contribution in [0.25, 0.3) is 11.5 Å². The third-order valence-corrected chi connectivity index (χ3v) is 4.43. The van der Waals surface area contributed by atoms with Crippen molar-refractivity contribution in [1.82, 2.24) is 10.1 Å². The van der Waals surface area contributed by atoms with Crippen LogP contribution >= 0.6 is 12.4 Å². The number of benzene rings is 1.